The van der Waals surface area contributed by atoms with Crippen molar-refractivity contribution in [1.29, 1.82) is 0 Å². The molecule has 2 N–H and O–H groups in total. The van der Waals surface area contributed by atoms with Crippen molar-refractivity contribution in [3.63, 3.8) is 0 Å². The number of aliphatic carboxylic acids is 1. The Bertz CT molecular complexity index is 1510. The van der Waals surface area contributed by atoms with Crippen LogP contribution in [-0.4, -0.2) is 27.0 Å². The Labute approximate surface area is 218 Å². The minimum Gasteiger partial charge on any atom is -0.481 e. The minimum atomic E-state index is -0.875. The van der Waals surface area contributed by atoms with Gasteiger partial charge in [0.1, 0.15) is 11.6 Å². The first-order chi connectivity index (χ1) is 18.4. The lowest BCUT2D eigenvalue weighted by atomic mass is 9.87. The van der Waals surface area contributed by atoms with E-state index in [1.807, 2.05) is 18.2 Å². The second kappa shape index (κ2) is 11.0. The molecule has 1 amide bonds. The second-order valence-corrected chi connectivity index (χ2v) is 9.56. The summed E-state index contributed by atoms with van der Waals surface area (Å²) in [5.41, 5.74) is 4.44. The van der Waals surface area contributed by atoms with Crippen molar-refractivity contribution in [3.8, 4) is 11.3 Å². The van der Waals surface area contributed by atoms with E-state index in [-0.39, 0.29) is 23.5 Å². The van der Waals surface area contributed by atoms with Gasteiger partial charge in [0, 0.05) is 18.1 Å². The maximum absolute atomic E-state index is 15.2. The zero-order valence-corrected chi connectivity index (χ0v) is 20.7. The average molecular weight is 516 g/mol. The molecule has 0 fully saturated rings. The van der Waals surface area contributed by atoms with Gasteiger partial charge in [-0.05, 0) is 80.0 Å². The van der Waals surface area contributed by atoms with E-state index in [1.54, 1.807) is 12.1 Å². The number of carbonyl (C=O) groups excluding carboxylic acids is 1. The van der Waals surface area contributed by atoms with Gasteiger partial charge in [0.2, 0.25) is 0 Å². The highest BCUT2D eigenvalue weighted by molar-refractivity contribution is 5.98. The molecule has 8 heteroatoms. The first-order valence-electron chi connectivity index (χ1n) is 12.8. The predicted octanol–water partition coefficient (Wildman–Crippen LogP) is 6.18. The maximum atomic E-state index is 15.2. The lowest BCUT2D eigenvalue weighted by Gasteiger charge is -2.26. The number of amides is 1. The van der Waals surface area contributed by atoms with E-state index in [2.05, 4.69) is 16.4 Å². The molecule has 0 aliphatic heterocycles. The predicted molar refractivity (Wildman–Crippen MR) is 140 cm³/mol. The summed E-state index contributed by atoms with van der Waals surface area (Å²) in [6.07, 6.45) is 4.14. The van der Waals surface area contributed by atoms with E-state index in [4.69, 9.17) is 10.1 Å². The van der Waals surface area contributed by atoms with Gasteiger partial charge in [-0.15, -0.1) is 0 Å². The van der Waals surface area contributed by atoms with E-state index < -0.39 is 23.5 Å². The lowest BCUT2D eigenvalue weighted by Crippen LogP contribution is -2.31. The molecule has 6 nitrogen and oxygen atoms in total. The molecule has 1 atom stereocenters. The first-order valence-corrected chi connectivity index (χ1v) is 12.8. The van der Waals surface area contributed by atoms with Crippen LogP contribution in [0.4, 0.5) is 8.78 Å². The molecule has 5 rings (SSSR count). The van der Waals surface area contributed by atoms with Gasteiger partial charge in [0.15, 0.2) is 0 Å². The molecule has 0 saturated carbocycles. The normalized spacial score (nSPS) is 14.7. The van der Waals surface area contributed by atoms with E-state index in [0.717, 1.165) is 24.8 Å². The number of hydrogen-bond acceptors (Lipinski definition) is 4. The van der Waals surface area contributed by atoms with E-state index in [1.165, 1.54) is 29.8 Å². The molecule has 1 aromatic heterocycles. The number of carboxylic acids is 1. The van der Waals surface area contributed by atoms with Crippen LogP contribution in [-0.2, 0) is 17.6 Å². The number of aryl methyl sites for hydroxylation is 2. The SMILES string of the molecule is O=C(O)CCCCc1nc2cc(C(=O)NC3CCCc4ccccc43)c(F)cc2nc1-c1ccc(F)cc1. The minimum absolute atomic E-state index is 0.0344. The van der Waals surface area contributed by atoms with Crippen LogP contribution in [0.2, 0.25) is 0 Å². The molecule has 1 aliphatic rings. The number of carbonyl (C=O) groups is 2. The molecular formula is C30H27F2N3O3. The summed E-state index contributed by atoms with van der Waals surface area (Å²) >= 11 is 0. The Morgan fingerprint density at radius 3 is 2.53 bits per heavy atom. The third kappa shape index (κ3) is 5.54. The molecular weight excluding hydrogens is 488 g/mol. The van der Waals surface area contributed by atoms with Crippen molar-refractivity contribution in [2.45, 2.75) is 51.0 Å². The highest BCUT2D eigenvalue weighted by Gasteiger charge is 2.24. The number of rotatable bonds is 8. The van der Waals surface area contributed by atoms with Crippen LogP contribution in [0.3, 0.4) is 0 Å². The monoisotopic (exact) mass is 515 g/mol. The van der Waals surface area contributed by atoms with Crippen LogP contribution < -0.4 is 5.32 Å². The van der Waals surface area contributed by atoms with Crippen LogP contribution in [0.1, 0.15) is 65.3 Å². The van der Waals surface area contributed by atoms with Crippen LogP contribution in [0.15, 0.2) is 60.7 Å². The van der Waals surface area contributed by atoms with Crippen LogP contribution in [0.5, 0.6) is 0 Å². The number of fused-ring (bicyclic) bond motifs is 2. The smallest absolute Gasteiger partial charge is 0.303 e. The second-order valence-electron chi connectivity index (χ2n) is 9.56. The molecule has 0 saturated heterocycles. The molecule has 1 unspecified atom stereocenters. The Morgan fingerprint density at radius 1 is 0.974 bits per heavy atom. The molecule has 0 radical (unpaired) electrons. The molecule has 38 heavy (non-hydrogen) atoms. The topological polar surface area (TPSA) is 92.2 Å². The molecule has 4 aromatic rings. The van der Waals surface area contributed by atoms with Gasteiger partial charge in [-0.1, -0.05) is 24.3 Å². The van der Waals surface area contributed by atoms with Crippen LogP contribution in [0, 0.1) is 11.6 Å². The van der Waals surface area contributed by atoms with Gasteiger partial charge >= 0.3 is 5.97 Å². The number of unbranched alkanes of at least 4 members (excludes halogenated alkanes) is 1. The number of aromatic nitrogens is 2. The molecule has 1 heterocycles. The van der Waals surface area contributed by atoms with Crippen molar-refractivity contribution in [1.82, 2.24) is 15.3 Å². The van der Waals surface area contributed by atoms with Crippen molar-refractivity contribution in [3.05, 3.63) is 94.7 Å². The Hall–Kier alpha value is -4.20. The van der Waals surface area contributed by atoms with Gasteiger partial charge in [-0.3, -0.25) is 9.59 Å². The summed E-state index contributed by atoms with van der Waals surface area (Å²) in [6, 6.07) is 16.2. The number of carboxylic acid groups (broad SMARTS) is 1. The van der Waals surface area contributed by atoms with E-state index in [9.17, 15) is 14.0 Å². The van der Waals surface area contributed by atoms with Gasteiger partial charge < -0.3 is 10.4 Å². The third-order valence-electron chi connectivity index (χ3n) is 6.92. The number of benzene rings is 3. The van der Waals surface area contributed by atoms with Crippen molar-refractivity contribution in [2.75, 3.05) is 0 Å². The van der Waals surface area contributed by atoms with Crippen LogP contribution in [0.25, 0.3) is 22.3 Å². The molecule has 3 aromatic carbocycles. The zero-order valence-electron chi connectivity index (χ0n) is 20.7. The number of hydrogen-bond donors (Lipinski definition) is 2. The average Bonchev–Trinajstić information content (AvgIpc) is 2.91. The molecule has 0 spiro atoms. The highest BCUT2D eigenvalue weighted by atomic mass is 19.1. The van der Waals surface area contributed by atoms with Gasteiger partial charge in [-0.2, -0.15) is 0 Å². The van der Waals surface area contributed by atoms with Gasteiger partial charge in [0.05, 0.1) is 34.0 Å². The fourth-order valence-electron chi connectivity index (χ4n) is 5.01. The van der Waals surface area contributed by atoms with Crippen LogP contribution >= 0.6 is 0 Å². The van der Waals surface area contributed by atoms with E-state index >= 15 is 4.39 Å². The number of nitrogens with zero attached hydrogens (tertiary/aromatic N) is 2. The number of nitrogens with one attached hydrogen (secondary N) is 1. The lowest BCUT2D eigenvalue weighted by molar-refractivity contribution is -0.137. The Morgan fingerprint density at radius 2 is 1.74 bits per heavy atom. The summed E-state index contributed by atoms with van der Waals surface area (Å²) < 4.78 is 28.7. The van der Waals surface area contributed by atoms with Gasteiger partial charge in [-0.25, -0.2) is 18.7 Å². The maximum Gasteiger partial charge on any atom is 0.303 e. The Balaban J connectivity index is 1.47. The summed E-state index contributed by atoms with van der Waals surface area (Å²) in [4.78, 5) is 33.4. The zero-order chi connectivity index (χ0) is 26.6. The largest absolute Gasteiger partial charge is 0.481 e. The van der Waals surface area contributed by atoms with E-state index in [0.29, 0.717) is 41.7 Å². The summed E-state index contributed by atoms with van der Waals surface area (Å²) in [5.74, 6) is -2.49. The van der Waals surface area contributed by atoms with Crippen molar-refractivity contribution >= 4 is 22.9 Å². The first kappa shape index (κ1) is 25.4. The summed E-state index contributed by atoms with van der Waals surface area (Å²) in [5, 5.41) is 11.9. The summed E-state index contributed by atoms with van der Waals surface area (Å²) in [6.45, 7) is 0. The fraction of sp³-hybridized carbons (Fsp3) is 0.267. The quantitative estimate of drug-likeness (QED) is 0.274. The fourth-order valence-corrected chi connectivity index (χ4v) is 5.01. The van der Waals surface area contributed by atoms with Gasteiger partial charge in [0.25, 0.3) is 5.91 Å². The third-order valence-corrected chi connectivity index (χ3v) is 6.92. The Kier molecular flexibility index (Phi) is 7.40. The standard InChI is InChI=1S/C30H27F2N3O3/c31-20-14-12-19(13-15-20)29-25(9-3-4-11-28(36)37)33-26-16-22(23(32)17-27(26)34-29)30(38)35-24-10-5-7-18-6-1-2-8-21(18)24/h1-2,6,8,12-17,24H,3-5,7,9-11H2,(H,35,38)(H,36,37). The summed E-state index contributed by atoms with van der Waals surface area (Å²) in [7, 11) is 0. The molecule has 194 valence electrons. The van der Waals surface area contributed by atoms with Crippen molar-refractivity contribution in [2.24, 2.45) is 0 Å². The van der Waals surface area contributed by atoms with Crippen molar-refractivity contribution < 1.29 is 23.5 Å². The molecule has 0 bridgehead atoms. The highest BCUT2D eigenvalue weighted by Crippen LogP contribution is 2.31. The molecule has 1 aliphatic carbocycles. The number of halogens is 2.